The molecule has 1 saturated heterocycles. The van der Waals surface area contributed by atoms with E-state index in [1.807, 2.05) is 11.3 Å². The summed E-state index contributed by atoms with van der Waals surface area (Å²) in [4.78, 5) is 17.6. The highest BCUT2D eigenvalue weighted by Crippen LogP contribution is 2.41. The van der Waals surface area contributed by atoms with Crippen LogP contribution in [0, 0.1) is 0 Å². The summed E-state index contributed by atoms with van der Waals surface area (Å²) in [6, 6.07) is 0.514. The van der Waals surface area contributed by atoms with E-state index in [1.165, 1.54) is 54.4 Å². The summed E-state index contributed by atoms with van der Waals surface area (Å²) in [7, 11) is 0. The first kappa shape index (κ1) is 18.7. The molecule has 2 aromatic rings. The standard InChI is InChI=1S/C21H30N4O2S/c26-11-8-25(15-4-3-5-15)20-19-16-6-1-2-7-17(16)28-21(19)23-18(22-20)14-24-9-12-27-13-10-24/h15,26H,1-14H2. The molecule has 7 heteroatoms. The molecule has 0 atom stereocenters. The van der Waals surface area contributed by atoms with Gasteiger partial charge in [0.1, 0.15) is 16.5 Å². The smallest absolute Gasteiger partial charge is 0.146 e. The summed E-state index contributed by atoms with van der Waals surface area (Å²) in [5.41, 5.74) is 1.49. The maximum Gasteiger partial charge on any atom is 0.146 e. The molecule has 0 radical (unpaired) electrons. The van der Waals surface area contributed by atoms with Crippen LogP contribution < -0.4 is 4.90 Å². The number of fused-ring (bicyclic) bond motifs is 3. The van der Waals surface area contributed by atoms with Crippen LogP contribution in [-0.2, 0) is 24.1 Å². The number of hydrogen-bond acceptors (Lipinski definition) is 7. The Labute approximate surface area is 170 Å². The number of aliphatic hydroxyl groups is 1. The lowest BCUT2D eigenvalue weighted by molar-refractivity contribution is 0.0331. The summed E-state index contributed by atoms with van der Waals surface area (Å²) in [6.45, 7) is 5.10. The predicted molar refractivity (Wildman–Crippen MR) is 112 cm³/mol. The van der Waals surface area contributed by atoms with Crippen LogP contribution in [0.4, 0.5) is 5.82 Å². The summed E-state index contributed by atoms with van der Waals surface area (Å²) in [6.07, 6.45) is 8.56. The van der Waals surface area contributed by atoms with Gasteiger partial charge in [-0.1, -0.05) is 0 Å². The summed E-state index contributed by atoms with van der Waals surface area (Å²) < 4.78 is 5.49. The molecule has 152 valence electrons. The first-order valence-corrected chi connectivity index (χ1v) is 11.6. The minimum absolute atomic E-state index is 0.174. The zero-order chi connectivity index (χ0) is 18.9. The number of rotatable bonds is 6. The van der Waals surface area contributed by atoms with Crippen molar-refractivity contribution in [1.29, 1.82) is 0 Å². The van der Waals surface area contributed by atoms with Gasteiger partial charge in [-0.15, -0.1) is 11.3 Å². The molecule has 1 N–H and O–H groups in total. The van der Waals surface area contributed by atoms with E-state index in [-0.39, 0.29) is 6.61 Å². The number of aromatic nitrogens is 2. The highest BCUT2D eigenvalue weighted by atomic mass is 32.1. The summed E-state index contributed by atoms with van der Waals surface area (Å²) in [5.74, 6) is 2.01. The van der Waals surface area contributed by atoms with Crippen molar-refractivity contribution in [3.63, 3.8) is 0 Å². The second-order valence-corrected chi connectivity index (χ2v) is 9.33. The second-order valence-electron chi connectivity index (χ2n) is 8.24. The third kappa shape index (κ3) is 3.54. The lowest BCUT2D eigenvalue weighted by Gasteiger charge is -2.38. The molecular formula is C21H30N4O2S. The molecule has 5 rings (SSSR count). The molecule has 28 heavy (non-hydrogen) atoms. The Morgan fingerprint density at radius 3 is 2.68 bits per heavy atom. The molecule has 3 aliphatic rings. The first-order valence-electron chi connectivity index (χ1n) is 10.8. The minimum atomic E-state index is 0.174. The molecule has 0 aromatic carbocycles. The SMILES string of the molecule is OCCN(c1nc(CN2CCOCC2)nc2sc3c(c12)CCCC3)C1CCC1. The van der Waals surface area contributed by atoms with Crippen molar-refractivity contribution in [2.45, 2.75) is 57.5 Å². The van der Waals surface area contributed by atoms with Crippen LogP contribution in [0.1, 0.15) is 48.4 Å². The molecule has 2 aromatic heterocycles. The van der Waals surface area contributed by atoms with Crippen molar-refractivity contribution >= 4 is 27.4 Å². The Balaban J connectivity index is 1.58. The van der Waals surface area contributed by atoms with Crippen LogP contribution in [0.15, 0.2) is 0 Å². The molecule has 2 aliphatic carbocycles. The van der Waals surface area contributed by atoms with Gasteiger partial charge in [0, 0.05) is 30.6 Å². The quantitative estimate of drug-likeness (QED) is 0.802. The Morgan fingerprint density at radius 2 is 1.93 bits per heavy atom. The zero-order valence-corrected chi connectivity index (χ0v) is 17.3. The van der Waals surface area contributed by atoms with Gasteiger partial charge in [-0.25, -0.2) is 9.97 Å². The number of thiophene rings is 1. The van der Waals surface area contributed by atoms with E-state index in [2.05, 4.69) is 9.80 Å². The number of ether oxygens (including phenoxy) is 1. The van der Waals surface area contributed by atoms with E-state index in [0.29, 0.717) is 12.6 Å². The fourth-order valence-corrected chi connectivity index (χ4v) is 5.96. The molecule has 0 bridgehead atoms. The van der Waals surface area contributed by atoms with Gasteiger partial charge in [-0.2, -0.15) is 0 Å². The Bertz CT molecular complexity index is 829. The number of anilines is 1. The molecule has 0 amide bonds. The Hall–Kier alpha value is -1.28. The van der Waals surface area contributed by atoms with Gasteiger partial charge in [-0.05, 0) is 50.5 Å². The lowest BCUT2D eigenvalue weighted by Crippen LogP contribution is -2.43. The maximum atomic E-state index is 9.75. The van der Waals surface area contributed by atoms with E-state index in [4.69, 9.17) is 14.7 Å². The Morgan fingerprint density at radius 1 is 1.11 bits per heavy atom. The molecule has 2 fully saturated rings. The zero-order valence-electron chi connectivity index (χ0n) is 16.5. The van der Waals surface area contributed by atoms with E-state index in [1.54, 1.807) is 0 Å². The molecule has 1 aliphatic heterocycles. The van der Waals surface area contributed by atoms with Crippen molar-refractivity contribution in [3.8, 4) is 0 Å². The summed E-state index contributed by atoms with van der Waals surface area (Å²) >= 11 is 1.88. The van der Waals surface area contributed by atoms with E-state index in [9.17, 15) is 5.11 Å². The first-order chi connectivity index (χ1) is 13.8. The molecule has 3 heterocycles. The molecule has 1 saturated carbocycles. The third-order valence-electron chi connectivity index (χ3n) is 6.44. The van der Waals surface area contributed by atoms with Crippen molar-refractivity contribution in [1.82, 2.24) is 14.9 Å². The maximum absolute atomic E-state index is 9.75. The highest BCUT2D eigenvalue weighted by molar-refractivity contribution is 7.19. The fourth-order valence-electron chi connectivity index (χ4n) is 4.69. The van der Waals surface area contributed by atoms with Crippen LogP contribution in [0.3, 0.4) is 0 Å². The monoisotopic (exact) mass is 402 g/mol. The topological polar surface area (TPSA) is 61.7 Å². The normalized spacial score (nSPS) is 20.9. The second kappa shape index (κ2) is 8.22. The molecule has 6 nitrogen and oxygen atoms in total. The molecule has 0 unspecified atom stereocenters. The van der Waals surface area contributed by atoms with Crippen LogP contribution in [0.2, 0.25) is 0 Å². The van der Waals surface area contributed by atoms with Crippen LogP contribution in [-0.4, -0.2) is 65.5 Å². The third-order valence-corrected chi connectivity index (χ3v) is 7.62. The van der Waals surface area contributed by atoms with Gasteiger partial charge in [-0.3, -0.25) is 4.90 Å². The van der Waals surface area contributed by atoms with E-state index in [0.717, 1.165) is 55.7 Å². The minimum Gasteiger partial charge on any atom is -0.395 e. The Kier molecular flexibility index (Phi) is 5.50. The van der Waals surface area contributed by atoms with Gasteiger partial charge < -0.3 is 14.7 Å². The van der Waals surface area contributed by atoms with Crippen molar-refractivity contribution < 1.29 is 9.84 Å². The van der Waals surface area contributed by atoms with Crippen molar-refractivity contribution in [2.75, 3.05) is 44.4 Å². The number of nitrogens with zero attached hydrogens (tertiary/aromatic N) is 4. The number of morpholine rings is 1. The summed E-state index contributed by atoms with van der Waals surface area (Å²) in [5, 5.41) is 11.0. The number of hydrogen-bond donors (Lipinski definition) is 1. The average Bonchev–Trinajstić information content (AvgIpc) is 3.05. The number of aryl methyl sites for hydroxylation is 2. The molecular weight excluding hydrogens is 372 g/mol. The van der Waals surface area contributed by atoms with Crippen LogP contribution >= 0.6 is 11.3 Å². The highest BCUT2D eigenvalue weighted by Gasteiger charge is 2.30. The predicted octanol–water partition coefficient (Wildman–Crippen LogP) is 2.75. The van der Waals surface area contributed by atoms with Crippen molar-refractivity contribution in [3.05, 3.63) is 16.3 Å². The fraction of sp³-hybridized carbons (Fsp3) is 0.714. The van der Waals surface area contributed by atoms with Crippen LogP contribution in [0.25, 0.3) is 10.2 Å². The number of aliphatic hydroxyl groups excluding tert-OH is 1. The van der Waals surface area contributed by atoms with E-state index < -0.39 is 0 Å². The van der Waals surface area contributed by atoms with Gasteiger partial charge in [0.2, 0.25) is 0 Å². The van der Waals surface area contributed by atoms with Crippen LogP contribution in [0.5, 0.6) is 0 Å². The molecule has 0 spiro atoms. The average molecular weight is 403 g/mol. The van der Waals surface area contributed by atoms with Gasteiger partial charge in [0.25, 0.3) is 0 Å². The van der Waals surface area contributed by atoms with Crippen molar-refractivity contribution in [2.24, 2.45) is 0 Å². The van der Waals surface area contributed by atoms with E-state index >= 15 is 0 Å². The largest absolute Gasteiger partial charge is 0.395 e. The van der Waals surface area contributed by atoms with Gasteiger partial charge in [0.05, 0.1) is 31.8 Å². The van der Waals surface area contributed by atoms with Gasteiger partial charge in [0.15, 0.2) is 0 Å². The van der Waals surface area contributed by atoms with Gasteiger partial charge >= 0.3 is 0 Å². The lowest BCUT2D eigenvalue weighted by atomic mass is 9.90.